The summed E-state index contributed by atoms with van der Waals surface area (Å²) in [4.78, 5) is 18.7. The van der Waals surface area contributed by atoms with Crippen LogP contribution in [-0.4, -0.2) is 24.3 Å². The van der Waals surface area contributed by atoms with Crippen molar-refractivity contribution >= 4 is 56.2 Å². The van der Waals surface area contributed by atoms with E-state index in [9.17, 15) is 13.2 Å². The standard InChI is InChI=1S/C17H13Cl2N3O4S/c18-11-2-1-3-12(19)15(11)27(24,25)26-10-6-7-13-14(8-10)21-17(20-13)22-16(23)9-4-5-9/h1-3,6-9H,4-5H2,(H2,20,21,22,23). The second-order valence-electron chi connectivity index (χ2n) is 6.12. The Hall–Kier alpha value is -2.29. The van der Waals surface area contributed by atoms with Crippen LogP contribution in [0.2, 0.25) is 10.0 Å². The van der Waals surface area contributed by atoms with E-state index in [0.717, 1.165) is 12.8 Å². The van der Waals surface area contributed by atoms with Gasteiger partial charge >= 0.3 is 10.1 Å². The number of hydrogen-bond acceptors (Lipinski definition) is 5. The maximum Gasteiger partial charge on any atom is 0.342 e. The molecule has 10 heteroatoms. The Morgan fingerprint density at radius 1 is 1.19 bits per heavy atom. The number of rotatable bonds is 5. The number of aromatic amines is 1. The highest BCUT2D eigenvalue weighted by molar-refractivity contribution is 7.87. The molecule has 140 valence electrons. The fraction of sp³-hybridized carbons (Fsp3) is 0.176. The van der Waals surface area contributed by atoms with Gasteiger partial charge in [0.1, 0.15) is 10.6 Å². The van der Waals surface area contributed by atoms with Crippen LogP contribution in [0, 0.1) is 5.92 Å². The molecule has 1 saturated carbocycles. The SMILES string of the molecule is O=C(Nc1nc2cc(OS(=O)(=O)c3c(Cl)cccc3Cl)ccc2[nH]1)C1CC1. The molecule has 0 saturated heterocycles. The average molecular weight is 426 g/mol. The zero-order chi connectivity index (χ0) is 19.2. The van der Waals surface area contributed by atoms with Gasteiger partial charge in [-0.15, -0.1) is 0 Å². The molecule has 3 aromatic rings. The molecule has 0 bridgehead atoms. The van der Waals surface area contributed by atoms with Crippen LogP contribution in [0.25, 0.3) is 11.0 Å². The number of H-pyrrole nitrogens is 1. The molecule has 1 heterocycles. The molecule has 1 fully saturated rings. The van der Waals surface area contributed by atoms with Crippen LogP contribution in [0.4, 0.5) is 5.95 Å². The third-order valence-corrected chi connectivity index (χ3v) is 6.22. The van der Waals surface area contributed by atoms with Gasteiger partial charge in [0.05, 0.1) is 21.1 Å². The lowest BCUT2D eigenvalue weighted by Crippen LogP contribution is -2.14. The maximum absolute atomic E-state index is 12.5. The molecule has 0 radical (unpaired) electrons. The van der Waals surface area contributed by atoms with E-state index in [1.165, 1.54) is 30.3 Å². The van der Waals surface area contributed by atoms with Gasteiger partial charge in [-0.3, -0.25) is 10.1 Å². The minimum Gasteiger partial charge on any atom is -0.379 e. The smallest absolute Gasteiger partial charge is 0.342 e. The van der Waals surface area contributed by atoms with Gasteiger partial charge < -0.3 is 9.17 Å². The van der Waals surface area contributed by atoms with Crippen molar-refractivity contribution in [1.29, 1.82) is 0 Å². The van der Waals surface area contributed by atoms with Gasteiger partial charge in [-0.25, -0.2) is 4.98 Å². The summed E-state index contributed by atoms with van der Waals surface area (Å²) in [5.41, 5.74) is 1.07. The largest absolute Gasteiger partial charge is 0.379 e. The van der Waals surface area contributed by atoms with E-state index in [1.807, 2.05) is 0 Å². The topological polar surface area (TPSA) is 101 Å². The van der Waals surface area contributed by atoms with E-state index >= 15 is 0 Å². The number of aromatic nitrogens is 2. The minimum absolute atomic E-state index is 0.0339. The van der Waals surface area contributed by atoms with E-state index in [0.29, 0.717) is 17.0 Å². The lowest BCUT2D eigenvalue weighted by molar-refractivity contribution is -0.117. The second-order valence-corrected chi connectivity index (χ2v) is 8.41. The number of amides is 1. The number of benzene rings is 2. The highest BCUT2D eigenvalue weighted by Crippen LogP contribution is 2.32. The highest BCUT2D eigenvalue weighted by Gasteiger charge is 2.30. The van der Waals surface area contributed by atoms with E-state index in [2.05, 4.69) is 15.3 Å². The number of hydrogen-bond donors (Lipinski definition) is 2. The number of nitrogens with zero attached hydrogens (tertiary/aromatic N) is 1. The summed E-state index contributed by atoms with van der Waals surface area (Å²) in [5, 5.41) is 2.63. The quantitative estimate of drug-likeness (QED) is 0.601. The highest BCUT2D eigenvalue weighted by atomic mass is 35.5. The van der Waals surface area contributed by atoms with E-state index in [4.69, 9.17) is 27.4 Å². The van der Waals surface area contributed by atoms with E-state index < -0.39 is 10.1 Å². The van der Waals surface area contributed by atoms with Crippen molar-refractivity contribution in [3.8, 4) is 5.75 Å². The Labute approximate surface area is 164 Å². The summed E-state index contributed by atoms with van der Waals surface area (Å²) in [6.45, 7) is 0. The van der Waals surface area contributed by atoms with Gasteiger partial charge in [0, 0.05) is 12.0 Å². The van der Waals surface area contributed by atoms with Gasteiger partial charge in [-0.1, -0.05) is 29.3 Å². The predicted molar refractivity (Wildman–Crippen MR) is 102 cm³/mol. The molecule has 1 aliphatic carbocycles. The molecule has 1 amide bonds. The lowest BCUT2D eigenvalue weighted by atomic mass is 10.3. The molecular weight excluding hydrogens is 413 g/mol. The zero-order valence-corrected chi connectivity index (χ0v) is 16.0. The normalized spacial score (nSPS) is 14.3. The van der Waals surface area contributed by atoms with E-state index in [-0.39, 0.29) is 32.5 Å². The van der Waals surface area contributed by atoms with Gasteiger partial charge in [-0.05, 0) is 37.1 Å². The van der Waals surface area contributed by atoms with Crippen molar-refractivity contribution in [2.45, 2.75) is 17.7 Å². The van der Waals surface area contributed by atoms with Crippen molar-refractivity contribution in [1.82, 2.24) is 9.97 Å². The molecule has 0 aliphatic heterocycles. The van der Waals surface area contributed by atoms with Gasteiger partial charge in [-0.2, -0.15) is 8.42 Å². The van der Waals surface area contributed by atoms with Crippen molar-refractivity contribution in [2.24, 2.45) is 5.92 Å². The van der Waals surface area contributed by atoms with Crippen LogP contribution in [0.5, 0.6) is 5.75 Å². The second kappa shape index (κ2) is 6.70. The fourth-order valence-electron chi connectivity index (χ4n) is 2.55. The van der Waals surface area contributed by atoms with Gasteiger partial charge in [0.25, 0.3) is 0 Å². The molecule has 1 aromatic heterocycles. The molecule has 0 spiro atoms. The average Bonchev–Trinajstić information content (AvgIpc) is 3.35. The lowest BCUT2D eigenvalue weighted by Gasteiger charge is -2.09. The first-order chi connectivity index (χ1) is 12.8. The molecule has 27 heavy (non-hydrogen) atoms. The Balaban J connectivity index is 1.61. The number of nitrogens with one attached hydrogen (secondary N) is 2. The van der Waals surface area contributed by atoms with Crippen LogP contribution in [0.1, 0.15) is 12.8 Å². The summed E-state index contributed by atoms with van der Waals surface area (Å²) < 4.78 is 30.2. The Kier molecular flexibility index (Phi) is 4.49. The number of fused-ring (bicyclic) bond motifs is 1. The van der Waals surface area contributed by atoms with Crippen LogP contribution in [-0.2, 0) is 14.9 Å². The van der Waals surface area contributed by atoms with Crippen molar-refractivity contribution < 1.29 is 17.4 Å². The summed E-state index contributed by atoms with van der Waals surface area (Å²) in [5.74, 6) is 0.310. The Bertz CT molecular complexity index is 1140. The van der Waals surface area contributed by atoms with Crippen molar-refractivity contribution in [3.63, 3.8) is 0 Å². The monoisotopic (exact) mass is 425 g/mol. The molecule has 0 unspecified atom stereocenters. The summed E-state index contributed by atoms with van der Waals surface area (Å²) >= 11 is 11.9. The van der Waals surface area contributed by atoms with E-state index in [1.54, 1.807) is 6.07 Å². The third kappa shape index (κ3) is 3.73. The van der Waals surface area contributed by atoms with Crippen LogP contribution < -0.4 is 9.50 Å². The summed E-state index contributed by atoms with van der Waals surface area (Å²) in [6, 6.07) is 8.88. The number of carbonyl (C=O) groups excluding carboxylic acids is 1. The number of carbonyl (C=O) groups is 1. The third-order valence-electron chi connectivity index (χ3n) is 4.02. The van der Waals surface area contributed by atoms with Crippen LogP contribution in [0.3, 0.4) is 0 Å². The maximum atomic E-state index is 12.5. The molecule has 1 aliphatic rings. The first-order valence-corrected chi connectivity index (χ1v) is 10.2. The molecule has 2 aromatic carbocycles. The predicted octanol–water partition coefficient (Wildman–Crippen LogP) is 3.99. The first-order valence-electron chi connectivity index (χ1n) is 8.02. The number of halogens is 2. The van der Waals surface area contributed by atoms with Crippen molar-refractivity contribution in [3.05, 3.63) is 46.4 Å². The summed E-state index contributed by atoms with van der Waals surface area (Å²) in [7, 11) is -4.23. The van der Waals surface area contributed by atoms with Crippen LogP contribution in [0.15, 0.2) is 41.3 Å². The fourth-order valence-corrected chi connectivity index (χ4v) is 4.57. The molecule has 4 rings (SSSR count). The Morgan fingerprint density at radius 2 is 1.89 bits per heavy atom. The summed E-state index contributed by atoms with van der Waals surface area (Å²) in [6.07, 6.45) is 1.76. The van der Waals surface area contributed by atoms with Gasteiger partial charge in [0.15, 0.2) is 0 Å². The molecule has 0 atom stereocenters. The Morgan fingerprint density at radius 3 is 2.56 bits per heavy atom. The van der Waals surface area contributed by atoms with Crippen LogP contribution >= 0.6 is 23.2 Å². The first kappa shape index (κ1) is 18.1. The minimum atomic E-state index is -4.23. The zero-order valence-electron chi connectivity index (χ0n) is 13.7. The molecule has 7 nitrogen and oxygen atoms in total. The molecule has 2 N–H and O–H groups in total. The van der Waals surface area contributed by atoms with Gasteiger partial charge in [0.2, 0.25) is 11.9 Å². The number of anilines is 1. The van der Waals surface area contributed by atoms with Crippen molar-refractivity contribution in [2.75, 3.05) is 5.32 Å². The molecular formula is C17H13Cl2N3O4S. The number of imidazole rings is 1.